The molecule has 1 aromatic carbocycles. The van der Waals surface area contributed by atoms with E-state index in [1.54, 1.807) is 6.07 Å². The fourth-order valence-electron chi connectivity index (χ4n) is 3.11. The molecular weight excluding hydrogens is 338 g/mol. The van der Waals surface area contributed by atoms with E-state index in [0.29, 0.717) is 30.2 Å². The molecule has 0 amide bonds. The minimum absolute atomic E-state index is 0.194. The molecule has 0 radical (unpaired) electrons. The van der Waals surface area contributed by atoms with Crippen LogP contribution >= 0.6 is 0 Å². The van der Waals surface area contributed by atoms with Gasteiger partial charge in [-0.2, -0.15) is 0 Å². The van der Waals surface area contributed by atoms with Gasteiger partial charge in [0, 0.05) is 25.2 Å². The van der Waals surface area contributed by atoms with Gasteiger partial charge in [-0.1, -0.05) is 6.07 Å². The first kappa shape index (κ1) is 20.6. The van der Waals surface area contributed by atoms with Crippen molar-refractivity contribution >= 4 is 5.96 Å². The van der Waals surface area contributed by atoms with Crippen LogP contribution in [-0.4, -0.2) is 55.8 Å². The van der Waals surface area contributed by atoms with Gasteiger partial charge in [0.2, 0.25) is 0 Å². The number of hydrogen-bond donors (Lipinski definition) is 2. The quantitative estimate of drug-likeness (QED) is 0.599. The van der Waals surface area contributed by atoms with E-state index in [1.807, 2.05) is 13.8 Å². The average Bonchev–Trinajstić information content (AvgIpc) is 2.62. The van der Waals surface area contributed by atoms with E-state index in [4.69, 9.17) is 4.74 Å². The van der Waals surface area contributed by atoms with Crippen molar-refractivity contribution in [2.45, 2.75) is 45.8 Å². The molecule has 3 unspecified atom stereocenters. The van der Waals surface area contributed by atoms with Gasteiger partial charge in [0.1, 0.15) is 0 Å². The normalized spacial score (nSPS) is 21.3. The van der Waals surface area contributed by atoms with Gasteiger partial charge in [0.25, 0.3) is 0 Å². The standard InChI is InChI=1S/C19H30F2N4O/c1-5-22-19(23-11-13(2)25-8-9-26-12-14(25)3)24-15(4)16-6-7-17(20)18(21)10-16/h6-7,10,13-15H,5,8-9,11-12H2,1-4H3,(H2,22,23,24). The number of aliphatic imine (C=N–C) groups is 1. The molecule has 0 saturated carbocycles. The van der Waals surface area contributed by atoms with Crippen LogP contribution in [0, 0.1) is 11.6 Å². The van der Waals surface area contributed by atoms with Crippen LogP contribution in [0.15, 0.2) is 23.2 Å². The van der Waals surface area contributed by atoms with E-state index in [-0.39, 0.29) is 6.04 Å². The zero-order valence-electron chi connectivity index (χ0n) is 16.1. The molecule has 1 aromatic rings. The van der Waals surface area contributed by atoms with Gasteiger partial charge in [-0.05, 0) is 45.4 Å². The van der Waals surface area contributed by atoms with E-state index < -0.39 is 11.6 Å². The van der Waals surface area contributed by atoms with Gasteiger partial charge in [-0.25, -0.2) is 8.78 Å². The van der Waals surface area contributed by atoms with E-state index >= 15 is 0 Å². The van der Waals surface area contributed by atoms with Gasteiger partial charge >= 0.3 is 0 Å². The Kier molecular flexibility index (Phi) is 7.78. The first-order valence-electron chi connectivity index (χ1n) is 9.25. The number of nitrogens with one attached hydrogen (secondary N) is 2. The molecule has 0 aromatic heterocycles. The third-order valence-electron chi connectivity index (χ3n) is 4.64. The Morgan fingerprint density at radius 2 is 2.12 bits per heavy atom. The summed E-state index contributed by atoms with van der Waals surface area (Å²) in [6.45, 7) is 12.0. The van der Waals surface area contributed by atoms with Crippen molar-refractivity contribution in [2.75, 3.05) is 32.8 Å². The van der Waals surface area contributed by atoms with Crippen LogP contribution in [0.25, 0.3) is 0 Å². The average molecular weight is 368 g/mol. The Balaban J connectivity index is 1.99. The summed E-state index contributed by atoms with van der Waals surface area (Å²) in [4.78, 5) is 7.07. The summed E-state index contributed by atoms with van der Waals surface area (Å²) in [5, 5.41) is 6.46. The van der Waals surface area contributed by atoms with E-state index in [0.717, 1.165) is 32.4 Å². The van der Waals surface area contributed by atoms with Crippen LogP contribution in [0.5, 0.6) is 0 Å². The minimum atomic E-state index is -0.840. The van der Waals surface area contributed by atoms with Gasteiger partial charge < -0.3 is 15.4 Å². The maximum absolute atomic E-state index is 13.5. The van der Waals surface area contributed by atoms with Crippen molar-refractivity contribution in [1.82, 2.24) is 15.5 Å². The summed E-state index contributed by atoms with van der Waals surface area (Å²) in [5.74, 6) is -1.01. The van der Waals surface area contributed by atoms with E-state index in [1.165, 1.54) is 6.07 Å². The molecule has 0 spiro atoms. The van der Waals surface area contributed by atoms with Gasteiger partial charge in [0.05, 0.1) is 25.8 Å². The second-order valence-electron chi connectivity index (χ2n) is 6.77. The first-order chi connectivity index (χ1) is 12.4. The maximum atomic E-state index is 13.5. The summed E-state index contributed by atoms with van der Waals surface area (Å²) in [7, 11) is 0. The molecule has 0 aliphatic carbocycles. The largest absolute Gasteiger partial charge is 0.379 e. The number of morpholine rings is 1. The summed E-state index contributed by atoms with van der Waals surface area (Å²) < 4.78 is 32.1. The lowest BCUT2D eigenvalue weighted by Crippen LogP contribution is -2.49. The topological polar surface area (TPSA) is 48.9 Å². The number of hydrogen-bond acceptors (Lipinski definition) is 3. The van der Waals surface area contributed by atoms with Crippen LogP contribution in [0.4, 0.5) is 8.78 Å². The Bertz CT molecular complexity index is 611. The van der Waals surface area contributed by atoms with Crippen molar-refractivity contribution in [3.05, 3.63) is 35.4 Å². The third-order valence-corrected chi connectivity index (χ3v) is 4.64. The lowest BCUT2D eigenvalue weighted by atomic mass is 10.1. The molecule has 1 fully saturated rings. The highest BCUT2D eigenvalue weighted by atomic mass is 19.2. The smallest absolute Gasteiger partial charge is 0.191 e. The molecule has 1 aliphatic rings. The lowest BCUT2D eigenvalue weighted by molar-refractivity contribution is -0.0165. The molecule has 2 N–H and O–H groups in total. The highest BCUT2D eigenvalue weighted by Gasteiger charge is 2.23. The number of ether oxygens (including phenoxy) is 1. The molecule has 0 bridgehead atoms. The number of rotatable bonds is 6. The Morgan fingerprint density at radius 3 is 2.77 bits per heavy atom. The van der Waals surface area contributed by atoms with Gasteiger partial charge in [-0.15, -0.1) is 0 Å². The third kappa shape index (κ3) is 5.64. The van der Waals surface area contributed by atoms with E-state index in [2.05, 4.69) is 34.4 Å². The molecule has 5 nitrogen and oxygen atoms in total. The van der Waals surface area contributed by atoms with Gasteiger partial charge in [-0.3, -0.25) is 9.89 Å². The minimum Gasteiger partial charge on any atom is -0.379 e. The Labute approximate surface area is 154 Å². The first-order valence-corrected chi connectivity index (χ1v) is 9.25. The molecule has 26 heavy (non-hydrogen) atoms. The van der Waals surface area contributed by atoms with Crippen molar-refractivity contribution < 1.29 is 13.5 Å². The molecule has 3 atom stereocenters. The summed E-state index contributed by atoms with van der Waals surface area (Å²) >= 11 is 0. The van der Waals surface area contributed by atoms with Gasteiger partial charge in [0.15, 0.2) is 17.6 Å². The van der Waals surface area contributed by atoms with Crippen molar-refractivity contribution in [2.24, 2.45) is 4.99 Å². The van der Waals surface area contributed by atoms with Crippen LogP contribution in [0.1, 0.15) is 39.3 Å². The molecular formula is C19H30F2N4O. The van der Waals surface area contributed by atoms with E-state index in [9.17, 15) is 8.78 Å². The van der Waals surface area contributed by atoms with Crippen LogP contribution in [0.2, 0.25) is 0 Å². The fourth-order valence-corrected chi connectivity index (χ4v) is 3.11. The summed E-state index contributed by atoms with van der Waals surface area (Å²) in [5.41, 5.74) is 0.671. The molecule has 7 heteroatoms. The molecule has 1 saturated heterocycles. The highest BCUT2D eigenvalue weighted by molar-refractivity contribution is 5.80. The van der Waals surface area contributed by atoms with Crippen LogP contribution in [-0.2, 0) is 4.74 Å². The molecule has 1 aliphatic heterocycles. The molecule has 1 heterocycles. The second kappa shape index (κ2) is 9.83. The fraction of sp³-hybridized carbons (Fsp3) is 0.632. The zero-order valence-corrected chi connectivity index (χ0v) is 16.1. The summed E-state index contributed by atoms with van der Waals surface area (Å²) in [6.07, 6.45) is 0. The van der Waals surface area contributed by atoms with Crippen molar-refractivity contribution in [1.29, 1.82) is 0 Å². The van der Waals surface area contributed by atoms with Crippen molar-refractivity contribution in [3.8, 4) is 0 Å². The number of nitrogens with zero attached hydrogens (tertiary/aromatic N) is 2. The molecule has 2 rings (SSSR count). The summed E-state index contributed by atoms with van der Waals surface area (Å²) in [6, 6.07) is 4.43. The predicted molar refractivity (Wildman–Crippen MR) is 100 cm³/mol. The number of halogens is 2. The number of benzene rings is 1. The monoisotopic (exact) mass is 368 g/mol. The predicted octanol–water partition coefficient (Wildman–Crippen LogP) is 2.69. The molecule has 146 valence electrons. The number of guanidine groups is 1. The van der Waals surface area contributed by atoms with Crippen molar-refractivity contribution in [3.63, 3.8) is 0 Å². The zero-order chi connectivity index (χ0) is 19.1. The van der Waals surface area contributed by atoms with Crippen LogP contribution in [0.3, 0.4) is 0 Å². The SMILES string of the molecule is CCNC(=NCC(C)N1CCOCC1C)NC(C)c1ccc(F)c(F)c1. The maximum Gasteiger partial charge on any atom is 0.191 e. The highest BCUT2D eigenvalue weighted by Crippen LogP contribution is 2.16. The second-order valence-corrected chi connectivity index (χ2v) is 6.77. The lowest BCUT2D eigenvalue weighted by Gasteiger charge is -2.37. The Morgan fingerprint density at radius 1 is 1.35 bits per heavy atom. The Hall–Kier alpha value is -1.73. The van der Waals surface area contributed by atoms with Crippen LogP contribution < -0.4 is 10.6 Å².